The van der Waals surface area contributed by atoms with E-state index in [2.05, 4.69) is 5.32 Å². The minimum atomic E-state index is -0.479. The number of rotatable bonds is 5. The molecule has 21 heavy (non-hydrogen) atoms. The van der Waals surface area contributed by atoms with Gasteiger partial charge in [-0.15, -0.1) is 0 Å². The van der Waals surface area contributed by atoms with Crippen molar-refractivity contribution in [3.05, 3.63) is 33.6 Å². The summed E-state index contributed by atoms with van der Waals surface area (Å²) >= 11 is 11.8. The van der Waals surface area contributed by atoms with Crippen LogP contribution in [0.5, 0.6) is 0 Å². The van der Waals surface area contributed by atoms with E-state index in [1.54, 1.807) is 0 Å². The van der Waals surface area contributed by atoms with Gasteiger partial charge < -0.3 is 15.2 Å². The van der Waals surface area contributed by atoms with Gasteiger partial charge in [0, 0.05) is 36.2 Å². The number of nitrogens with one attached hydrogen (secondary N) is 1. The molecule has 1 unspecified atom stereocenters. The maximum atomic E-state index is 13.6. The first kappa shape index (κ1) is 17.0. The molecule has 0 amide bonds. The molecule has 0 spiro atoms. The number of aliphatic hydroxyl groups is 1. The van der Waals surface area contributed by atoms with Crippen molar-refractivity contribution in [2.24, 2.45) is 5.41 Å². The van der Waals surface area contributed by atoms with Crippen LogP contribution in [0.2, 0.25) is 10.0 Å². The van der Waals surface area contributed by atoms with E-state index >= 15 is 0 Å². The molecule has 1 aromatic rings. The zero-order valence-corrected chi connectivity index (χ0v) is 13.5. The van der Waals surface area contributed by atoms with Crippen molar-refractivity contribution in [2.45, 2.75) is 25.8 Å². The largest absolute Gasteiger partial charge is 0.396 e. The second kappa shape index (κ2) is 7.25. The van der Waals surface area contributed by atoms with E-state index in [1.165, 1.54) is 12.1 Å². The number of ether oxygens (including phenoxy) is 1. The van der Waals surface area contributed by atoms with Gasteiger partial charge in [-0.25, -0.2) is 4.39 Å². The van der Waals surface area contributed by atoms with Gasteiger partial charge in [0.15, 0.2) is 0 Å². The molecule has 0 radical (unpaired) electrons. The Labute approximate surface area is 134 Å². The molecule has 0 saturated carbocycles. The fourth-order valence-electron chi connectivity index (χ4n) is 2.54. The average Bonchev–Trinajstić information content (AvgIpc) is 2.49. The third kappa shape index (κ3) is 4.08. The predicted molar refractivity (Wildman–Crippen MR) is 82.4 cm³/mol. The van der Waals surface area contributed by atoms with E-state index in [9.17, 15) is 9.50 Å². The zero-order chi connectivity index (χ0) is 15.5. The molecule has 1 aromatic carbocycles. The third-order valence-electron chi connectivity index (χ3n) is 4.18. The Kier molecular flexibility index (Phi) is 5.86. The van der Waals surface area contributed by atoms with E-state index in [-0.39, 0.29) is 23.1 Å². The summed E-state index contributed by atoms with van der Waals surface area (Å²) in [6, 6.07) is 2.65. The molecule has 118 valence electrons. The van der Waals surface area contributed by atoms with Crippen LogP contribution in [0.15, 0.2) is 12.1 Å². The van der Waals surface area contributed by atoms with Crippen LogP contribution in [-0.2, 0) is 4.74 Å². The van der Waals surface area contributed by atoms with Crippen molar-refractivity contribution in [3.63, 3.8) is 0 Å². The first-order valence-electron chi connectivity index (χ1n) is 7.04. The van der Waals surface area contributed by atoms with Crippen LogP contribution in [0.25, 0.3) is 0 Å². The zero-order valence-electron chi connectivity index (χ0n) is 12.0. The summed E-state index contributed by atoms with van der Waals surface area (Å²) in [5, 5.41) is 13.5. The fourth-order valence-corrected chi connectivity index (χ4v) is 3.09. The first-order chi connectivity index (χ1) is 9.97. The summed E-state index contributed by atoms with van der Waals surface area (Å²) in [6.07, 6.45) is 1.62. The molecule has 0 bridgehead atoms. The quantitative estimate of drug-likeness (QED) is 0.808. The Bertz CT molecular complexity index is 493. The third-order valence-corrected chi connectivity index (χ3v) is 4.80. The molecule has 2 N–H and O–H groups in total. The average molecular weight is 336 g/mol. The second-order valence-corrected chi connectivity index (χ2v) is 6.48. The van der Waals surface area contributed by atoms with E-state index in [0.717, 1.165) is 12.8 Å². The molecule has 1 atom stereocenters. The molecule has 1 fully saturated rings. The molecule has 0 aromatic heterocycles. The fraction of sp³-hybridized carbons (Fsp3) is 0.600. The van der Waals surface area contributed by atoms with Crippen molar-refractivity contribution >= 4 is 23.2 Å². The van der Waals surface area contributed by atoms with Gasteiger partial charge in [-0.05, 0) is 37.5 Å². The molecule has 6 heteroatoms. The highest BCUT2D eigenvalue weighted by Gasteiger charge is 2.32. The molecule has 1 aliphatic heterocycles. The highest BCUT2D eigenvalue weighted by molar-refractivity contribution is 6.35. The van der Waals surface area contributed by atoms with E-state index in [4.69, 9.17) is 27.9 Å². The lowest BCUT2D eigenvalue weighted by atomic mass is 9.80. The van der Waals surface area contributed by atoms with E-state index < -0.39 is 5.82 Å². The van der Waals surface area contributed by atoms with Crippen LogP contribution < -0.4 is 5.32 Å². The van der Waals surface area contributed by atoms with Crippen molar-refractivity contribution < 1.29 is 14.2 Å². The van der Waals surface area contributed by atoms with Gasteiger partial charge in [0.1, 0.15) is 5.82 Å². The monoisotopic (exact) mass is 335 g/mol. The smallest absolute Gasteiger partial charge is 0.142 e. The lowest BCUT2D eigenvalue weighted by molar-refractivity contribution is -0.0163. The van der Waals surface area contributed by atoms with Crippen molar-refractivity contribution in [3.8, 4) is 0 Å². The normalized spacial score (nSPS) is 19.5. The molecule has 1 aliphatic rings. The molecule has 1 saturated heterocycles. The Balaban J connectivity index is 2.04. The standard InChI is InChI=1S/C15H20Cl2FNO2/c1-10(11-6-14(18)13(17)7-12(11)16)19-8-15(9-20)2-4-21-5-3-15/h6-7,10,19-20H,2-5,8-9H2,1H3. The number of hydrogen-bond acceptors (Lipinski definition) is 3. The van der Waals surface area contributed by atoms with Gasteiger partial charge in [0.2, 0.25) is 0 Å². The summed E-state index contributed by atoms with van der Waals surface area (Å²) in [5.41, 5.74) is 0.489. The minimum absolute atomic E-state index is 0.0206. The van der Waals surface area contributed by atoms with Gasteiger partial charge >= 0.3 is 0 Å². The van der Waals surface area contributed by atoms with Crippen LogP contribution in [0.1, 0.15) is 31.4 Å². The topological polar surface area (TPSA) is 41.5 Å². The van der Waals surface area contributed by atoms with Crippen LogP contribution in [0.4, 0.5) is 4.39 Å². The molecular formula is C15H20Cl2FNO2. The number of aliphatic hydroxyl groups excluding tert-OH is 1. The van der Waals surface area contributed by atoms with Gasteiger partial charge in [-0.2, -0.15) is 0 Å². The Morgan fingerprint density at radius 1 is 1.33 bits per heavy atom. The summed E-state index contributed by atoms with van der Waals surface area (Å²) in [4.78, 5) is 0. The van der Waals surface area contributed by atoms with E-state index in [1.807, 2.05) is 6.92 Å². The van der Waals surface area contributed by atoms with Crippen LogP contribution in [0, 0.1) is 11.2 Å². The highest BCUT2D eigenvalue weighted by Crippen LogP contribution is 2.32. The highest BCUT2D eigenvalue weighted by atomic mass is 35.5. The maximum Gasteiger partial charge on any atom is 0.142 e. The number of hydrogen-bond donors (Lipinski definition) is 2. The Hall–Kier alpha value is -0.390. The Morgan fingerprint density at radius 3 is 2.62 bits per heavy atom. The SMILES string of the molecule is CC(NCC1(CO)CCOCC1)c1cc(F)c(Cl)cc1Cl. The van der Waals surface area contributed by atoms with Crippen molar-refractivity contribution in [1.82, 2.24) is 5.32 Å². The lowest BCUT2D eigenvalue weighted by Gasteiger charge is -2.36. The summed E-state index contributed by atoms with van der Waals surface area (Å²) in [5.74, 6) is -0.479. The molecule has 3 nitrogen and oxygen atoms in total. The van der Waals surface area contributed by atoms with Crippen molar-refractivity contribution in [2.75, 3.05) is 26.4 Å². The molecule has 0 aliphatic carbocycles. The number of benzene rings is 1. The molecule has 2 rings (SSSR count). The summed E-state index contributed by atoms with van der Waals surface area (Å²) < 4.78 is 18.9. The molecule has 1 heterocycles. The van der Waals surface area contributed by atoms with Crippen LogP contribution in [-0.4, -0.2) is 31.5 Å². The Morgan fingerprint density at radius 2 is 2.00 bits per heavy atom. The van der Waals surface area contributed by atoms with Gasteiger partial charge in [-0.3, -0.25) is 0 Å². The lowest BCUT2D eigenvalue weighted by Crippen LogP contribution is -2.42. The van der Waals surface area contributed by atoms with Gasteiger partial charge in [0.05, 0.1) is 11.6 Å². The van der Waals surface area contributed by atoms with Crippen LogP contribution >= 0.6 is 23.2 Å². The predicted octanol–water partition coefficient (Wildman–Crippen LogP) is 3.57. The van der Waals surface area contributed by atoms with E-state index in [0.29, 0.717) is 30.3 Å². The summed E-state index contributed by atoms with van der Waals surface area (Å²) in [7, 11) is 0. The van der Waals surface area contributed by atoms with Crippen LogP contribution in [0.3, 0.4) is 0 Å². The second-order valence-electron chi connectivity index (χ2n) is 5.66. The van der Waals surface area contributed by atoms with Gasteiger partial charge in [0.25, 0.3) is 0 Å². The minimum Gasteiger partial charge on any atom is -0.396 e. The first-order valence-corrected chi connectivity index (χ1v) is 7.79. The summed E-state index contributed by atoms with van der Waals surface area (Å²) in [6.45, 7) is 3.98. The van der Waals surface area contributed by atoms with Crippen molar-refractivity contribution in [1.29, 1.82) is 0 Å². The number of halogens is 3. The molecular weight excluding hydrogens is 316 g/mol. The van der Waals surface area contributed by atoms with Gasteiger partial charge in [-0.1, -0.05) is 23.2 Å². The maximum absolute atomic E-state index is 13.6.